The third-order valence-electron chi connectivity index (χ3n) is 4.11. The van der Waals surface area contributed by atoms with Gasteiger partial charge < -0.3 is 15.8 Å². The summed E-state index contributed by atoms with van der Waals surface area (Å²) in [5.41, 5.74) is 3.20. The van der Waals surface area contributed by atoms with E-state index in [1.165, 1.54) is 6.07 Å². The average molecular weight is 471 g/mol. The van der Waals surface area contributed by atoms with E-state index in [-0.39, 0.29) is 29.4 Å². The Kier molecular flexibility index (Phi) is 6.39. The fourth-order valence-electron chi connectivity index (χ4n) is 2.66. The summed E-state index contributed by atoms with van der Waals surface area (Å²) in [6, 6.07) is 2.63. The van der Waals surface area contributed by atoms with Gasteiger partial charge in [0.25, 0.3) is 0 Å². The van der Waals surface area contributed by atoms with Crippen LogP contribution in [0.5, 0.6) is 0 Å². The van der Waals surface area contributed by atoms with Crippen LogP contribution in [0.25, 0.3) is 16.9 Å². The van der Waals surface area contributed by atoms with Gasteiger partial charge in [0, 0.05) is 24.8 Å². The van der Waals surface area contributed by atoms with Crippen LogP contribution in [0.15, 0.2) is 35.4 Å². The summed E-state index contributed by atoms with van der Waals surface area (Å²) in [6.07, 6.45) is -4.27. The van der Waals surface area contributed by atoms with E-state index < -0.39 is 46.6 Å². The normalized spacial score (nSPS) is 12.5. The Morgan fingerprint density at radius 1 is 1.27 bits per heavy atom. The molecule has 0 saturated carbocycles. The van der Waals surface area contributed by atoms with Crippen molar-refractivity contribution in [2.24, 2.45) is 5.73 Å². The van der Waals surface area contributed by atoms with Crippen LogP contribution in [-0.4, -0.2) is 45.2 Å². The zero-order valence-corrected chi connectivity index (χ0v) is 16.6. The maximum atomic E-state index is 14.4. The molecular formula is C19H14F5N5O4. The summed E-state index contributed by atoms with van der Waals surface area (Å²) >= 11 is 0. The standard InChI is InChI=1S/C19H14F5N5O4/c1-8(25)5-26-13-3-2-10-14(30)11(17(31)33-18(32)19(22,23)24)7-29(15(10)28-13)16-12(21)4-9(20)6-27-16/h2-4,6-8H,5,25H2,1H3,(H,26,28)/t8-/m1/s1. The van der Waals surface area contributed by atoms with E-state index in [2.05, 4.69) is 20.0 Å². The van der Waals surface area contributed by atoms with Crippen LogP contribution in [0.3, 0.4) is 0 Å². The Bertz CT molecular complexity index is 1310. The van der Waals surface area contributed by atoms with Crippen LogP contribution >= 0.6 is 0 Å². The lowest BCUT2D eigenvalue weighted by molar-refractivity contribution is -0.193. The molecule has 174 valence electrons. The van der Waals surface area contributed by atoms with Crippen LogP contribution in [0.1, 0.15) is 17.3 Å². The molecule has 0 aliphatic carbocycles. The van der Waals surface area contributed by atoms with Crippen molar-refractivity contribution >= 4 is 28.8 Å². The maximum absolute atomic E-state index is 14.4. The third-order valence-corrected chi connectivity index (χ3v) is 4.11. The zero-order valence-electron chi connectivity index (χ0n) is 16.6. The molecule has 0 amide bonds. The SMILES string of the molecule is C[C@@H](N)CNc1ccc2c(=O)c(C(=O)OC(=O)C(F)(F)F)cn(-c3ncc(F)cc3F)c2n1. The lowest BCUT2D eigenvalue weighted by Crippen LogP contribution is -2.30. The van der Waals surface area contributed by atoms with Gasteiger partial charge >= 0.3 is 18.1 Å². The van der Waals surface area contributed by atoms with Gasteiger partial charge in [-0.15, -0.1) is 0 Å². The number of hydrogen-bond donors (Lipinski definition) is 2. The second kappa shape index (κ2) is 8.90. The predicted molar refractivity (Wildman–Crippen MR) is 104 cm³/mol. The van der Waals surface area contributed by atoms with E-state index in [4.69, 9.17) is 5.73 Å². The fraction of sp³-hybridized carbons (Fsp3) is 0.211. The highest BCUT2D eigenvalue weighted by Crippen LogP contribution is 2.21. The number of alkyl halides is 3. The minimum Gasteiger partial charge on any atom is -0.382 e. The van der Waals surface area contributed by atoms with Gasteiger partial charge in [-0.25, -0.2) is 28.3 Å². The number of ether oxygens (including phenoxy) is 1. The zero-order chi connectivity index (χ0) is 24.5. The molecule has 0 unspecified atom stereocenters. The van der Waals surface area contributed by atoms with Crippen LogP contribution in [0.4, 0.5) is 27.8 Å². The molecule has 0 spiro atoms. The van der Waals surface area contributed by atoms with Crippen LogP contribution < -0.4 is 16.5 Å². The molecule has 0 aliphatic heterocycles. The summed E-state index contributed by atoms with van der Waals surface area (Å²) in [7, 11) is 0. The van der Waals surface area contributed by atoms with Gasteiger partial charge in [-0.05, 0) is 19.1 Å². The van der Waals surface area contributed by atoms with Gasteiger partial charge in [0.05, 0.1) is 11.6 Å². The number of fused-ring (bicyclic) bond motifs is 1. The number of rotatable bonds is 5. The number of anilines is 1. The van der Waals surface area contributed by atoms with Crippen molar-refractivity contribution in [3.63, 3.8) is 0 Å². The molecule has 9 nitrogen and oxygen atoms in total. The largest absolute Gasteiger partial charge is 0.491 e. The number of esters is 2. The number of hydrogen-bond acceptors (Lipinski definition) is 8. The van der Waals surface area contributed by atoms with Crippen molar-refractivity contribution in [3.8, 4) is 5.82 Å². The second-order valence-corrected chi connectivity index (χ2v) is 6.80. The van der Waals surface area contributed by atoms with Crippen molar-refractivity contribution in [1.29, 1.82) is 0 Å². The van der Waals surface area contributed by atoms with Crippen molar-refractivity contribution in [2.75, 3.05) is 11.9 Å². The van der Waals surface area contributed by atoms with Gasteiger partial charge in [-0.3, -0.25) is 9.36 Å². The molecule has 3 aromatic rings. The Labute approximate surface area is 181 Å². The molecule has 3 heterocycles. The number of pyridine rings is 3. The molecule has 0 bridgehead atoms. The van der Waals surface area contributed by atoms with Gasteiger partial charge in [-0.1, -0.05) is 0 Å². The van der Waals surface area contributed by atoms with Crippen LogP contribution in [0.2, 0.25) is 0 Å². The molecule has 0 aromatic carbocycles. The van der Waals surface area contributed by atoms with Gasteiger partial charge in [-0.2, -0.15) is 13.2 Å². The molecule has 0 radical (unpaired) electrons. The molecule has 14 heteroatoms. The Balaban J connectivity index is 2.23. The second-order valence-electron chi connectivity index (χ2n) is 6.80. The molecule has 3 N–H and O–H groups in total. The van der Waals surface area contributed by atoms with Crippen molar-refractivity contribution in [3.05, 3.63) is 58.0 Å². The van der Waals surface area contributed by atoms with E-state index in [0.717, 1.165) is 10.6 Å². The van der Waals surface area contributed by atoms with E-state index in [9.17, 15) is 36.3 Å². The molecule has 0 fully saturated rings. The number of aromatic nitrogens is 3. The first-order chi connectivity index (χ1) is 15.4. The smallest absolute Gasteiger partial charge is 0.382 e. The maximum Gasteiger partial charge on any atom is 0.491 e. The summed E-state index contributed by atoms with van der Waals surface area (Å²) in [6.45, 7) is 1.96. The average Bonchev–Trinajstić information content (AvgIpc) is 2.72. The monoisotopic (exact) mass is 471 g/mol. The third kappa shape index (κ3) is 5.11. The summed E-state index contributed by atoms with van der Waals surface area (Å²) in [5, 5.41) is 2.50. The minimum atomic E-state index is -5.50. The quantitative estimate of drug-likeness (QED) is 0.329. The molecule has 33 heavy (non-hydrogen) atoms. The van der Waals surface area contributed by atoms with Crippen molar-refractivity contribution < 1.29 is 36.3 Å². The number of halogens is 5. The molecule has 1 atom stereocenters. The molecular weight excluding hydrogens is 457 g/mol. The number of nitrogens with one attached hydrogen (secondary N) is 1. The summed E-state index contributed by atoms with van der Waals surface area (Å²) in [5.74, 6) is -7.50. The summed E-state index contributed by atoms with van der Waals surface area (Å²) < 4.78 is 69.6. The number of carbonyl (C=O) groups is 2. The Morgan fingerprint density at radius 3 is 2.58 bits per heavy atom. The van der Waals surface area contributed by atoms with E-state index in [1.807, 2.05) is 0 Å². The van der Waals surface area contributed by atoms with Gasteiger partial charge in [0.15, 0.2) is 17.3 Å². The number of carbonyl (C=O) groups excluding carboxylic acids is 2. The first-order valence-corrected chi connectivity index (χ1v) is 9.09. The number of nitrogens with zero attached hydrogens (tertiary/aromatic N) is 3. The minimum absolute atomic E-state index is 0.179. The predicted octanol–water partition coefficient (Wildman–Crippen LogP) is 2.06. The lowest BCUT2D eigenvalue weighted by Gasteiger charge is -2.14. The van der Waals surface area contributed by atoms with Gasteiger partial charge in [0.1, 0.15) is 17.2 Å². The summed E-state index contributed by atoms with van der Waals surface area (Å²) in [4.78, 5) is 43.6. The first-order valence-electron chi connectivity index (χ1n) is 9.09. The van der Waals surface area contributed by atoms with Crippen molar-refractivity contribution in [2.45, 2.75) is 19.1 Å². The highest BCUT2D eigenvalue weighted by atomic mass is 19.4. The van der Waals surface area contributed by atoms with Gasteiger partial charge in [0.2, 0.25) is 5.43 Å². The topological polar surface area (TPSA) is 129 Å². The highest BCUT2D eigenvalue weighted by Gasteiger charge is 2.43. The van der Waals surface area contributed by atoms with E-state index in [1.54, 1.807) is 6.92 Å². The molecule has 0 saturated heterocycles. The molecule has 3 rings (SSSR count). The van der Waals surface area contributed by atoms with E-state index in [0.29, 0.717) is 18.5 Å². The highest BCUT2D eigenvalue weighted by molar-refractivity contribution is 6.00. The Hall–Kier alpha value is -3.94. The number of nitrogens with two attached hydrogens (primary N) is 1. The molecule has 3 aromatic heterocycles. The van der Waals surface area contributed by atoms with Crippen LogP contribution in [0, 0.1) is 11.6 Å². The van der Waals surface area contributed by atoms with Crippen molar-refractivity contribution in [1.82, 2.24) is 14.5 Å². The fourth-order valence-corrected chi connectivity index (χ4v) is 2.66. The molecule has 0 aliphatic rings. The Morgan fingerprint density at radius 2 is 1.97 bits per heavy atom. The van der Waals surface area contributed by atoms with E-state index >= 15 is 0 Å². The first kappa shape index (κ1) is 23.7. The lowest BCUT2D eigenvalue weighted by atomic mass is 10.2. The van der Waals surface area contributed by atoms with Crippen LogP contribution in [-0.2, 0) is 9.53 Å².